The first kappa shape index (κ1) is 47.7. The average molecular weight is 1010 g/mol. The van der Waals surface area contributed by atoms with E-state index in [-0.39, 0.29) is 5.41 Å². The molecule has 0 aliphatic heterocycles. The van der Waals surface area contributed by atoms with Gasteiger partial charge in [-0.3, -0.25) is 0 Å². The summed E-state index contributed by atoms with van der Waals surface area (Å²) >= 11 is 0. The summed E-state index contributed by atoms with van der Waals surface area (Å²) in [5.74, 6) is 0. The van der Waals surface area contributed by atoms with Crippen LogP contribution in [0, 0.1) is 13.8 Å². The fourth-order valence-corrected chi connectivity index (χ4v) is 12.3. The molecule has 13 aromatic rings. The van der Waals surface area contributed by atoms with Crippen molar-refractivity contribution in [3.63, 3.8) is 0 Å². The summed E-state index contributed by atoms with van der Waals surface area (Å²) in [7, 11) is 0. The van der Waals surface area contributed by atoms with Crippen molar-refractivity contribution < 1.29 is 0 Å². The summed E-state index contributed by atoms with van der Waals surface area (Å²) < 4.78 is 2.42. The molecule has 0 N–H and O–H groups in total. The molecule has 2 heteroatoms. The Balaban J connectivity index is 0.771. The van der Waals surface area contributed by atoms with E-state index in [1.807, 2.05) is 0 Å². The highest BCUT2D eigenvalue weighted by Gasteiger charge is 2.35. The zero-order chi connectivity index (χ0) is 53.2. The van der Waals surface area contributed by atoms with Crippen LogP contribution in [0.3, 0.4) is 0 Å². The van der Waals surface area contributed by atoms with Crippen molar-refractivity contribution in [2.75, 3.05) is 4.90 Å². The van der Waals surface area contributed by atoms with Crippen LogP contribution in [-0.4, -0.2) is 4.57 Å². The summed E-state index contributed by atoms with van der Waals surface area (Å²) in [5, 5.41) is 2.46. The first-order valence-electron chi connectivity index (χ1n) is 27.5. The van der Waals surface area contributed by atoms with Crippen molar-refractivity contribution in [2.24, 2.45) is 0 Å². The quantitative estimate of drug-likeness (QED) is 0.133. The smallest absolute Gasteiger partial charge is 0.0541 e. The van der Waals surface area contributed by atoms with Gasteiger partial charge in [0, 0.05) is 38.9 Å². The molecular formula is C77H58N2. The molecule has 2 nitrogen and oxygen atoms in total. The molecular weight excluding hydrogens is 953 g/mol. The van der Waals surface area contributed by atoms with Gasteiger partial charge in [0.1, 0.15) is 0 Å². The van der Waals surface area contributed by atoms with Gasteiger partial charge in [0.15, 0.2) is 0 Å². The van der Waals surface area contributed by atoms with E-state index in [2.05, 4.69) is 316 Å². The van der Waals surface area contributed by atoms with Gasteiger partial charge in [-0.2, -0.15) is 0 Å². The third kappa shape index (κ3) is 8.63. The zero-order valence-electron chi connectivity index (χ0n) is 45.0. The van der Waals surface area contributed by atoms with E-state index in [9.17, 15) is 0 Å². The summed E-state index contributed by atoms with van der Waals surface area (Å²) in [5.41, 5.74) is 29.3. The number of fused-ring (bicyclic) bond motifs is 6. The highest BCUT2D eigenvalue weighted by molar-refractivity contribution is 6.10. The molecule has 1 aliphatic rings. The normalized spacial score (nSPS) is 12.4. The molecule has 0 saturated carbocycles. The second-order valence-electron chi connectivity index (χ2n) is 21.9. The molecule has 376 valence electrons. The fourth-order valence-electron chi connectivity index (χ4n) is 12.3. The van der Waals surface area contributed by atoms with E-state index in [1.165, 1.54) is 122 Å². The van der Waals surface area contributed by atoms with E-state index in [0.29, 0.717) is 0 Å². The number of para-hydroxylation sites is 1. The van der Waals surface area contributed by atoms with Gasteiger partial charge >= 0.3 is 0 Å². The van der Waals surface area contributed by atoms with Crippen LogP contribution in [0.25, 0.3) is 105 Å². The molecule has 0 saturated heterocycles. The monoisotopic (exact) mass is 1010 g/mol. The number of rotatable bonds is 10. The minimum atomic E-state index is -0.0418. The van der Waals surface area contributed by atoms with Crippen LogP contribution in [0.1, 0.15) is 36.1 Å². The molecule has 0 fully saturated rings. The average Bonchev–Trinajstić information content (AvgIpc) is 4.17. The lowest BCUT2D eigenvalue weighted by Crippen LogP contribution is -2.15. The summed E-state index contributed by atoms with van der Waals surface area (Å²) in [6.07, 6.45) is 0. The predicted molar refractivity (Wildman–Crippen MR) is 335 cm³/mol. The number of anilines is 3. The molecule has 1 heterocycles. The Bertz CT molecular complexity index is 4410. The molecule has 0 spiro atoms. The van der Waals surface area contributed by atoms with Crippen molar-refractivity contribution in [1.29, 1.82) is 0 Å². The highest BCUT2D eigenvalue weighted by Crippen LogP contribution is 2.50. The molecule has 0 amide bonds. The standard InChI is InChI=1S/C77H58N2/c1-51-20-23-54(24-21-51)56-29-37-65(38-30-56)78(66-39-31-57(32-40-66)55-25-27-58(28-26-55)64-35-44-70-69-43-22-52(2)46-73(69)77(3,4)74(70)50-64)67-41-33-59(34-42-67)63-36-45-76-72(49-63)71-18-8-9-19-75(71)79(76)68-17-11-16-62(48-68)61-15-10-14-60(47-61)53-12-6-5-7-13-53/h5-50H,1-4H3. The molecule has 79 heavy (non-hydrogen) atoms. The van der Waals surface area contributed by atoms with E-state index in [1.54, 1.807) is 0 Å². The third-order valence-electron chi connectivity index (χ3n) is 16.6. The second kappa shape index (κ2) is 19.4. The minimum absolute atomic E-state index is 0.0418. The lowest BCUT2D eigenvalue weighted by molar-refractivity contribution is 0.660. The predicted octanol–water partition coefficient (Wildman–Crippen LogP) is 21.2. The highest BCUT2D eigenvalue weighted by atomic mass is 15.1. The first-order valence-corrected chi connectivity index (χ1v) is 27.5. The Morgan fingerprint density at radius 3 is 1.29 bits per heavy atom. The fraction of sp³-hybridized carbons (Fsp3) is 0.0649. The Hall–Kier alpha value is -9.76. The van der Waals surface area contributed by atoms with Crippen molar-refractivity contribution in [3.05, 3.63) is 301 Å². The number of benzene rings is 12. The molecule has 0 radical (unpaired) electrons. The Labute approximate surface area is 463 Å². The van der Waals surface area contributed by atoms with E-state index >= 15 is 0 Å². The SMILES string of the molecule is Cc1ccc(-c2ccc(N(c3ccc(-c4ccc(-c5ccc6c(c5)C(C)(C)c5cc(C)ccc5-6)cc4)cc3)c3ccc(-c4ccc5c(c4)c4ccccc4n5-c4cccc(-c5cccc(-c6ccccc6)c5)c4)cc3)cc2)cc1. The first-order chi connectivity index (χ1) is 38.7. The van der Waals surface area contributed by atoms with E-state index in [0.717, 1.165) is 22.7 Å². The number of aryl methyl sites for hydroxylation is 2. The molecule has 12 aromatic carbocycles. The van der Waals surface area contributed by atoms with Crippen molar-refractivity contribution in [2.45, 2.75) is 33.1 Å². The third-order valence-corrected chi connectivity index (χ3v) is 16.6. The van der Waals surface area contributed by atoms with Crippen molar-refractivity contribution >= 4 is 38.9 Å². The maximum Gasteiger partial charge on any atom is 0.0541 e. The van der Waals surface area contributed by atoms with Crippen molar-refractivity contribution in [3.8, 4) is 83.6 Å². The number of nitrogens with zero attached hydrogens (tertiary/aromatic N) is 2. The minimum Gasteiger partial charge on any atom is -0.311 e. The molecule has 0 atom stereocenters. The van der Waals surface area contributed by atoms with Gasteiger partial charge in [-0.25, -0.2) is 0 Å². The maximum absolute atomic E-state index is 2.42. The van der Waals surface area contributed by atoms with Crippen LogP contribution in [0.15, 0.2) is 279 Å². The summed E-state index contributed by atoms with van der Waals surface area (Å²) in [4.78, 5) is 2.37. The molecule has 0 unspecified atom stereocenters. The van der Waals surface area contributed by atoms with Crippen LogP contribution >= 0.6 is 0 Å². The maximum atomic E-state index is 2.42. The van der Waals surface area contributed by atoms with Crippen LogP contribution in [0.4, 0.5) is 17.1 Å². The van der Waals surface area contributed by atoms with Crippen LogP contribution < -0.4 is 4.90 Å². The molecule has 1 aromatic heterocycles. The van der Waals surface area contributed by atoms with Crippen LogP contribution in [-0.2, 0) is 5.41 Å². The van der Waals surface area contributed by atoms with Crippen LogP contribution in [0.2, 0.25) is 0 Å². The topological polar surface area (TPSA) is 8.17 Å². The Morgan fingerprint density at radius 1 is 0.278 bits per heavy atom. The largest absolute Gasteiger partial charge is 0.311 e. The van der Waals surface area contributed by atoms with Gasteiger partial charge in [0.25, 0.3) is 0 Å². The molecule has 1 aliphatic carbocycles. The second-order valence-corrected chi connectivity index (χ2v) is 21.9. The number of hydrogen-bond acceptors (Lipinski definition) is 1. The lowest BCUT2D eigenvalue weighted by Gasteiger charge is -2.26. The van der Waals surface area contributed by atoms with Gasteiger partial charge in [-0.05, 0) is 182 Å². The number of hydrogen-bond donors (Lipinski definition) is 0. The van der Waals surface area contributed by atoms with Crippen molar-refractivity contribution in [1.82, 2.24) is 4.57 Å². The van der Waals surface area contributed by atoms with Gasteiger partial charge in [0.05, 0.1) is 11.0 Å². The Morgan fingerprint density at radius 2 is 0.671 bits per heavy atom. The lowest BCUT2D eigenvalue weighted by atomic mass is 9.81. The zero-order valence-corrected chi connectivity index (χ0v) is 45.0. The van der Waals surface area contributed by atoms with Gasteiger partial charge in [-0.1, -0.05) is 225 Å². The van der Waals surface area contributed by atoms with E-state index < -0.39 is 0 Å². The molecule has 0 bridgehead atoms. The number of aromatic nitrogens is 1. The summed E-state index contributed by atoms with van der Waals surface area (Å²) in [6, 6.07) is 103. The molecule has 14 rings (SSSR count). The summed E-state index contributed by atoms with van der Waals surface area (Å²) in [6.45, 7) is 9.05. The van der Waals surface area contributed by atoms with E-state index in [4.69, 9.17) is 0 Å². The van der Waals surface area contributed by atoms with Gasteiger partial charge in [-0.15, -0.1) is 0 Å². The van der Waals surface area contributed by atoms with Gasteiger partial charge < -0.3 is 9.47 Å². The van der Waals surface area contributed by atoms with Gasteiger partial charge in [0.2, 0.25) is 0 Å². The van der Waals surface area contributed by atoms with Crippen LogP contribution in [0.5, 0.6) is 0 Å². The Kier molecular flexibility index (Phi) is 11.7.